The molecule has 2 aliphatic rings. The Balaban J connectivity index is 0.00000529. The normalized spacial score (nSPS) is 16.5. The van der Waals surface area contributed by atoms with Gasteiger partial charge in [-0.05, 0) is 93.4 Å². The number of allylic oxidation sites excluding steroid dienone is 2. The van der Waals surface area contributed by atoms with Gasteiger partial charge in [0.15, 0.2) is 0 Å². The Labute approximate surface area is 271 Å². The molecule has 0 saturated heterocycles. The number of rotatable bonds is 12. The molecule has 0 aromatic carbocycles. The van der Waals surface area contributed by atoms with E-state index in [0.717, 1.165) is 39.2 Å². The van der Waals surface area contributed by atoms with Crippen molar-refractivity contribution in [2.75, 3.05) is 0 Å². The van der Waals surface area contributed by atoms with Crippen LogP contribution in [-0.2, 0) is 38.4 Å². The van der Waals surface area contributed by atoms with E-state index < -0.39 is 11.9 Å². The van der Waals surface area contributed by atoms with Crippen molar-refractivity contribution < 1.29 is 29.4 Å². The Morgan fingerprint density at radius 1 is 0.705 bits per heavy atom. The second-order valence-electron chi connectivity index (χ2n) is 10.7. The molecule has 2 aromatic rings. The van der Waals surface area contributed by atoms with Crippen molar-refractivity contribution in [2.24, 2.45) is 0 Å². The Hall–Kier alpha value is -4.35. The summed E-state index contributed by atoms with van der Waals surface area (Å²) in [5.41, 5.74) is 9.76. The van der Waals surface area contributed by atoms with Crippen LogP contribution in [0.3, 0.4) is 0 Å². The van der Waals surface area contributed by atoms with Crippen molar-refractivity contribution in [3.05, 3.63) is 104 Å². The Morgan fingerprint density at radius 3 is 1.59 bits per heavy atom. The molecule has 0 fully saturated rings. The van der Waals surface area contributed by atoms with Crippen LogP contribution >= 0.6 is 0 Å². The second-order valence-corrected chi connectivity index (χ2v) is 10.7. The van der Waals surface area contributed by atoms with Gasteiger partial charge >= 0.3 is 23.1 Å². The van der Waals surface area contributed by atoms with Crippen LogP contribution in [0, 0.1) is 13.8 Å². The number of H-pyrrole nitrogens is 2. The van der Waals surface area contributed by atoms with Gasteiger partial charge in [0.2, 0.25) is 0 Å². The predicted molar refractivity (Wildman–Crippen MR) is 164 cm³/mol. The average Bonchev–Trinajstić information content (AvgIpc) is 3.59. The van der Waals surface area contributed by atoms with Crippen LogP contribution < -0.4 is 20.8 Å². The van der Waals surface area contributed by atoms with Crippen LogP contribution in [0.15, 0.2) is 59.0 Å². The van der Waals surface area contributed by atoms with Gasteiger partial charge in [0, 0.05) is 63.6 Å². The monoisotopic (exact) mass is 606 g/mol. The van der Waals surface area contributed by atoms with Gasteiger partial charge in [0.1, 0.15) is 0 Å². The third kappa shape index (κ3) is 6.89. The minimum absolute atomic E-state index is 0. The molecule has 0 aliphatic carbocycles. The maximum atomic E-state index is 12.3. The first kappa shape index (κ1) is 34.1. The molecule has 10 nitrogen and oxygen atoms in total. The molecule has 44 heavy (non-hydrogen) atoms. The number of carbonyl (C=O) groups is 4. The summed E-state index contributed by atoms with van der Waals surface area (Å²) in [5.74, 6) is -2.82. The molecule has 0 bridgehead atoms. The number of nitrogens with one attached hydrogen (secondary N) is 4. The van der Waals surface area contributed by atoms with E-state index in [0.29, 0.717) is 45.9 Å². The summed E-state index contributed by atoms with van der Waals surface area (Å²) in [7, 11) is 0. The van der Waals surface area contributed by atoms with Crippen LogP contribution in [0.2, 0.25) is 0 Å². The first-order valence-corrected chi connectivity index (χ1v) is 13.9. The number of aliphatic carboxylic acids is 2. The standard InChI is InChI=1S/C33H36N4O6.Mg/c1-7-20-19(6)32(42)37-27(20)14-25-18(5)23(10-12-31(40)41)29(35-25)15-28-22(9-11-30(38)39)17(4)24(34-28)13-26-16(3)21(8-2)33(43)36-26;/h7-8,13-14,34-35H,1-2,9-12,15H2,3-6H3,(H,36,43)(H,37,42)(H,38,39)(H,40,41);/q;+2/p-2/b26-13-,27-14-;. The van der Waals surface area contributed by atoms with E-state index in [1.54, 1.807) is 19.1 Å². The quantitative estimate of drug-likeness (QED) is 0.267. The van der Waals surface area contributed by atoms with Crippen molar-refractivity contribution in [1.82, 2.24) is 20.6 Å². The fourth-order valence-electron chi connectivity index (χ4n) is 5.60. The third-order valence-corrected chi connectivity index (χ3v) is 8.09. The smallest absolute Gasteiger partial charge is 0.550 e. The maximum absolute atomic E-state index is 12.3. The summed E-state index contributed by atoms with van der Waals surface area (Å²) in [6.45, 7) is 14.8. The largest absolute Gasteiger partial charge is 2.00 e. The van der Waals surface area contributed by atoms with Crippen molar-refractivity contribution in [3.8, 4) is 0 Å². The second kappa shape index (κ2) is 14.0. The van der Waals surface area contributed by atoms with E-state index >= 15 is 0 Å². The SMILES string of the molecule is C=CC1=C(C)/C(=C/c2[nH]c(Cc3[nH]c(/C=C4\NC(=O)C(C)=C4C=C)c(C)c3CCC(=O)[O-])c(CCC(=O)[O-])c2C)NC1=O.[Mg+2]. The number of aromatic nitrogens is 2. The average molecular weight is 607 g/mol. The molecule has 4 N–H and O–H groups in total. The van der Waals surface area contributed by atoms with Crippen LogP contribution in [0.5, 0.6) is 0 Å². The van der Waals surface area contributed by atoms with Gasteiger partial charge in [0.05, 0.1) is 5.70 Å². The first-order valence-electron chi connectivity index (χ1n) is 13.9. The number of hydrogen-bond acceptors (Lipinski definition) is 6. The third-order valence-electron chi connectivity index (χ3n) is 8.09. The molecule has 4 heterocycles. The minimum atomic E-state index is -1.18. The number of hydrogen-bond donors (Lipinski definition) is 4. The topological polar surface area (TPSA) is 170 Å². The van der Waals surface area contributed by atoms with Gasteiger partial charge in [0.25, 0.3) is 11.8 Å². The summed E-state index contributed by atoms with van der Waals surface area (Å²) >= 11 is 0. The Kier molecular flexibility index (Phi) is 10.8. The molecule has 4 rings (SSSR count). The van der Waals surface area contributed by atoms with Crippen molar-refractivity contribution >= 4 is 59.0 Å². The van der Waals surface area contributed by atoms with E-state index in [9.17, 15) is 29.4 Å². The van der Waals surface area contributed by atoms with Gasteiger partial charge < -0.3 is 40.4 Å². The molecule has 2 aromatic heterocycles. The molecule has 0 saturated carbocycles. The molecule has 0 radical (unpaired) electrons. The zero-order valence-electron chi connectivity index (χ0n) is 25.4. The van der Waals surface area contributed by atoms with Crippen LogP contribution in [0.4, 0.5) is 0 Å². The summed E-state index contributed by atoms with van der Waals surface area (Å²) in [6, 6.07) is 0. The molecule has 224 valence electrons. The van der Waals surface area contributed by atoms with Crippen molar-refractivity contribution in [2.45, 2.75) is 59.8 Å². The van der Waals surface area contributed by atoms with Crippen LogP contribution in [0.1, 0.15) is 71.7 Å². The molecule has 0 spiro atoms. The zero-order valence-corrected chi connectivity index (χ0v) is 26.8. The summed E-state index contributed by atoms with van der Waals surface area (Å²) in [5, 5.41) is 28.5. The van der Waals surface area contributed by atoms with E-state index in [4.69, 9.17) is 0 Å². The van der Waals surface area contributed by atoms with Crippen molar-refractivity contribution in [3.63, 3.8) is 0 Å². The number of carbonyl (C=O) groups excluding carboxylic acids is 4. The summed E-state index contributed by atoms with van der Waals surface area (Å²) < 4.78 is 0. The van der Waals surface area contributed by atoms with Gasteiger partial charge in [-0.25, -0.2) is 0 Å². The summed E-state index contributed by atoms with van der Waals surface area (Å²) in [6.07, 6.45) is 7.09. The van der Waals surface area contributed by atoms with Gasteiger partial charge in [-0.15, -0.1) is 0 Å². The number of amides is 2. The van der Waals surface area contributed by atoms with E-state index in [2.05, 4.69) is 33.8 Å². The van der Waals surface area contributed by atoms with E-state index in [1.807, 2.05) is 26.8 Å². The fraction of sp³-hybridized carbons (Fsp3) is 0.273. The van der Waals surface area contributed by atoms with E-state index in [1.165, 1.54) is 6.08 Å². The molecular weight excluding hydrogens is 573 g/mol. The first-order chi connectivity index (χ1) is 20.4. The Bertz CT molecular complexity index is 1710. The molecule has 0 atom stereocenters. The zero-order chi connectivity index (χ0) is 31.6. The molecule has 2 amide bonds. The van der Waals surface area contributed by atoms with Crippen LogP contribution in [0.25, 0.3) is 12.2 Å². The molecule has 11 heteroatoms. The Morgan fingerprint density at radius 2 is 1.16 bits per heavy atom. The number of carboxylic acids is 2. The molecular formula is C33H34MgN4O6. The predicted octanol–water partition coefficient (Wildman–Crippen LogP) is 1.48. The fourth-order valence-corrected chi connectivity index (χ4v) is 5.60. The molecule has 0 unspecified atom stereocenters. The number of aromatic amines is 2. The van der Waals surface area contributed by atoms with E-state index in [-0.39, 0.29) is 60.6 Å². The summed E-state index contributed by atoms with van der Waals surface area (Å²) in [4.78, 5) is 54.2. The van der Waals surface area contributed by atoms with Gasteiger partial charge in [-0.2, -0.15) is 0 Å². The van der Waals surface area contributed by atoms with Crippen molar-refractivity contribution in [1.29, 1.82) is 0 Å². The van der Waals surface area contributed by atoms with Gasteiger partial charge in [-0.3, -0.25) is 9.59 Å². The van der Waals surface area contributed by atoms with Crippen LogP contribution in [-0.4, -0.2) is 56.8 Å². The maximum Gasteiger partial charge on any atom is 2.00 e. The molecule has 2 aliphatic heterocycles. The minimum Gasteiger partial charge on any atom is -0.550 e. The number of carboxylic acid groups (broad SMARTS) is 2. The van der Waals surface area contributed by atoms with Gasteiger partial charge in [-0.1, -0.05) is 25.3 Å².